The van der Waals surface area contributed by atoms with Gasteiger partial charge in [0.2, 0.25) is 0 Å². The molecule has 2 aromatic heterocycles. The number of ether oxygens (including phenoxy) is 1. The van der Waals surface area contributed by atoms with Crippen LogP contribution in [0.2, 0.25) is 0 Å². The van der Waals surface area contributed by atoms with Gasteiger partial charge in [0.05, 0.1) is 18.4 Å². The van der Waals surface area contributed by atoms with Crippen molar-refractivity contribution in [3.05, 3.63) is 52.5 Å². The van der Waals surface area contributed by atoms with Crippen LogP contribution in [-0.2, 0) is 11.2 Å². The van der Waals surface area contributed by atoms with Crippen LogP contribution in [0.3, 0.4) is 0 Å². The molecule has 6 nitrogen and oxygen atoms in total. The lowest BCUT2D eigenvalue weighted by atomic mass is 10.2. The fourth-order valence-electron chi connectivity index (χ4n) is 2.59. The van der Waals surface area contributed by atoms with Crippen molar-refractivity contribution >= 4 is 44.8 Å². The Morgan fingerprint density at radius 2 is 1.92 bits per heavy atom. The summed E-state index contributed by atoms with van der Waals surface area (Å²) in [5.74, 6) is -0.723. The van der Waals surface area contributed by atoms with E-state index in [-0.39, 0.29) is 5.91 Å². The lowest BCUT2D eigenvalue weighted by molar-refractivity contribution is 0.0600. The molecule has 0 fully saturated rings. The summed E-state index contributed by atoms with van der Waals surface area (Å²) >= 11 is 1.28. The molecule has 26 heavy (non-hydrogen) atoms. The molecule has 0 atom stereocenters. The molecule has 0 aliphatic rings. The molecule has 7 heteroatoms. The van der Waals surface area contributed by atoms with Crippen LogP contribution in [0, 0.1) is 0 Å². The number of aryl methyl sites for hydroxylation is 1. The Labute approximate surface area is 155 Å². The van der Waals surface area contributed by atoms with Gasteiger partial charge in [-0.2, -0.15) is 0 Å². The number of esters is 1. The van der Waals surface area contributed by atoms with Crippen LogP contribution < -0.4 is 11.1 Å². The smallest absolute Gasteiger partial charge is 0.337 e. The van der Waals surface area contributed by atoms with Gasteiger partial charge < -0.3 is 15.8 Å². The first-order chi connectivity index (χ1) is 12.5. The Morgan fingerprint density at radius 1 is 1.19 bits per heavy atom. The average molecular weight is 369 g/mol. The second kappa shape index (κ2) is 7.53. The van der Waals surface area contributed by atoms with Crippen molar-refractivity contribution in [1.82, 2.24) is 4.98 Å². The predicted molar refractivity (Wildman–Crippen MR) is 104 cm³/mol. The van der Waals surface area contributed by atoms with E-state index in [4.69, 9.17) is 5.73 Å². The van der Waals surface area contributed by atoms with Crippen LogP contribution in [-0.4, -0.2) is 24.0 Å². The van der Waals surface area contributed by atoms with Gasteiger partial charge in [-0.3, -0.25) is 4.79 Å². The highest BCUT2D eigenvalue weighted by molar-refractivity contribution is 7.21. The van der Waals surface area contributed by atoms with Crippen molar-refractivity contribution in [2.75, 3.05) is 18.2 Å². The zero-order chi connectivity index (χ0) is 18.7. The normalized spacial score (nSPS) is 10.7. The van der Waals surface area contributed by atoms with Crippen LogP contribution in [0.5, 0.6) is 0 Å². The van der Waals surface area contributed by atoms with E-state index in [1.165, 1.54) is 18.4 Å². The molecule has 0 saturated heterocycles. The number of benzene rings is 1. The number of pyridine rings is 1. The molecule has 1 amide bonds. The van der Waals surface area contributed by atoms with E-state index in [9.17, 15) is 9.59 Å². The molecule has 0 spiro atoms. The van der Waals surface area contributed by atoms with Crippen LogP contribution >= 0.6 is 11.3 Å². The Balaban J connectivity index is 1.83. The molecule has 0 bridgehead atoms. The lowest BCUT2D eigenvalue weighted by Crippen LogP contribution is -2.12. The summed E-state index contributed by atoms with van der Waals surface area (Å²) in [5.41, 5.74) is 8.56. The third-order valence-electron chi connectivity index (χ3n) is 3.93. The second-order valence-electron chi connectivity index (χ2n) is 5.77. The van der Waals surface area contributed by atoms with Gasteiger partial charge in [-0.15, -0.1) is 11.3 Å². The van der Waals surface area contributed by atoms with E-state index < -0.39 is 5.97 Å². The maximum Gasteiger partial charge on any atom is 0.337 e. The first-order valence-electron chi connectivity index (χ1n) is 8.21. The number of rotatable bonds is 5. The fourth-order valence-corrected chi connectivity index (χ4v) is 3.60. The van der Waals surface area contributed by atoms with Crippen molar-refractivity contribution in [2.45, 2.75) is 19.8 Å². The van der Waals surface area contributed by atoms with Crippen LogP contribution in [0.15, 0.2) is 36.4 Å². The van der Waals surface area contributed by atoms with Crippen molar-refractivity contribution in [1.29, 1.82) is 0 Å². The summed E-state index contributed by atoms with van der Waals surface area (Å²) in [7, 11) is 1.32. The maximum absolute atomic E-state index is 12.6. The maximum atomic E-state index is 12.6. The van der Waals surface area contributed by atoms with Gasteiger partial charge in [0, 0.05) is 16.8 Å². The molecule has 0 aliphatic heterocycles. The summed E-state index contributed by atoms with van der Waals surface area (Å²) in [6.07, 6.45) is 1.90. The van der Waals surface area contributed by atoms with E-state index >= 15 is 0 Å². The van der Waals surface area contributed by atoms with Crippen molar-refractivity contribution < 1.29 is 14.3 Å². The number of carbonyl (C=O) groups is 2. The average Bonchev–Trinajstić information content (AvgIpc) is 2.98. The molecule has 2 heterocycles. The van der Waals surface area contributed by atoms with Gasteiger partial charge in [0.1, 0.15) is 9.71 Å². The quantitative estimate of drug-likeness (QED) is 0.666. The molecule has 0 aliphatic carbocycles. The molecular weight excluding hydrogens is 350 g/mol. The van der Waals surface area contributed by atoms with Gasteiger partial charge in [-0.05, 0) is 42.8 Å². The van der Waals surface area contributed by atoms with Crippen molar-refractivity contribution in [3.8, 4) is 0 Å². The Kier molecular flexibility index (Phi) is 5.18. The molecule has 0 saturated carbocycles. The number of fused-ring (bicyclic) bond motifs is 1. The first-order valence-corrected chi connectivity index (χ1v) is 9.02. The molecule has 134 valence electrons. The molecule has 3 aromatic rings. The molecule has 0 unspecified atom stereocenters. The van der Waals surface area contributed by atoms with E-state index in [0.717, 1.165) is 28.8 Å². The minimum absolute atomic E-state index is 0.298. The third kappa shape index (κ3) is 3.52. The monoisotopic (exact) mass is 369 g/mol. The second-order valence-corrected chi connectivity index (χ2v) is 6.77. The zero-order valence-electron chi connectivity index (χ0n) is 14.5. The van der Waals surface area contributed by atoms with Gasteiger partial charge in [0.25, 0.3) is 5.91 Å². The molecule has 3 N–H and O–H groups in total. The number of anilines is 2. The van der Waals surface area contributed by atoms with Gasteiger partial charge in [-0.1, -0.05) is 13.3 Å². The number of thiophene rings is 1. The number of carbonyl (C=O) groups excluding carboxylic acids is 2. The fraction of sp³-hybridized carbons (Fsp3) is 0.211. The molecule has 3 rings (SSSR count). The third-order valence-corrected chi connectivity index (χ3v) is 5.04. The highest BCUT2D eigenvalue weighted by Gasteiger charge is 2.18. The number of nitrogens with zero attached hydrogens (tertiary/aromatic N) is 1. The number of hydrogen-bond acceptors (Lipinski definition) is 6. The van der Waals surface area contributed by atoms with E-state index in [0.29, 0.717) is 21.8 Å². The largest absolute Gasteiger partial charge is 0.465 e. The minimum atomic E-state index is -0.425. The molecule has 0 radical (unpaired) electrons. The van der Waals surface area contributed by atoms with Crippen molar-refractivity contribution in [3.63, 3.8) is 0 Å². The van der Waals surface area contributed by atoms with Crippen LogP contribution in [0.1, 0.15) is 39.1 Å². The topological polar surface area (TPSA) is 94.3 Å². The summed E-state index contributed by atoms with van der Waals surface area (Å²) < 4.78 is 4.65. The summed E-state index contributed by atoms with van der Waals surface area (Å²) in [6.45, 7) is 2.10. The lowest BCUT2D eigenvalue weighted by Gasteiger charge is -2.05. The number of nitrogens with one attached hydrogen (secondary N) is 1. The Bertz CT molecular complexity index is 964. The summed E-state index contributed by atoms with van der Waals surface area (Å²) in [6, 6.07) is 10.3. The van der Waals surface area contributed by atoms with Crippen LogP contribution in [0.25, 0.3) is 10.2 Å². The van der Waals surface area contributed by atoms with Crippen molar-refractivity contribution in [2.24, 2.45) is 0 Å². The first kappa shape index (κ1) is 17.9. The van der Waals surface area contributed by atoms with E-state index in [1.54, 1.807) is 24.3 Å². The van der Waals surface area contributed by atoms with E-state index in [2.05, 4.69) is 22.0 Å². The number of hydrogen-bond donors (Lipinski definition) is 2. The number of amides is 1. The van der Waals surface area contributed by atoms with Gasteiger partial charge in [0.15, 0.2) is 0 Å². The Morgan fingerprint density at radius 3 is 2.58 bits per heavy atom. The number of nitrogens with two attached hydrogens (primary N) is 1. The standard InChI is InChI=1S/C19H19N3O3S/c1-3-4-12-9-10-14-15(20)16(26-18(14)22-12)17(23)21-13-7-5-11(6-8-13)19(24)25-2/h5-10H,3-4,20H2,1-2H3,(H,21,23). The zero-order valence-corrected chi connectivity index (χ0v) is 15.4. The van der Waals surface area contributed by atoms with Gasteiger partial charge >= 0.3 is 5.97 Å². The predicted octanol–water partition coefficient (Wildman–Crippen LogP) is 3.87. The highest BCUT2D eigenvalue weighted by Crippen LogP contribution is 2.33. The number of methoxy groups -OCH3 is 1. The SMILES string of the molecule is CCCc1ccc2c(N)c(C(=O)Nc3ccc(C(=O)OC)cc3)sc2n1. The van der Waals surface area contributed by atoms with Gasteiger partial charge in [-0.25, -0.2) is 9.78 Å². The molecular formula is C19H19N3O3S. The molecule has 1 aromatic carbocycles. The number of nitrogen functional groups attached to an aromatic ring is 1. The summed E-state index contributed by atoms with van der Waals surface area (Å²) in [4.78, 5) is 29.8. The van der Waals surface area contributed by atoms with E-state index in [1.807, 2.05) is 12.1 Å². The van der Waals surface area contributed by atoms with Crippen LogP contribution in [0.4, 0.5) is 11.4 Å². The minimum Gasteiger partial charge on any atom is -0.465 e. The highest BCUT2D eigenvalue weighted by atomic mass is 32.1. The summed E-state index contributed by atoms with van der Waals surface area (Å²) in [5, 5.41) is 3.59. The number of aromatic nitrogens is 1. The Hall–Kier alpha value is -2.93.